The largest absolute Gasteiger partial charge is 0.504 e. The minimum atomic E-state index is -0.613. The van der Waals surface area contributed by atoms with Crippen molar-refractivity contribution in [2.24, 2.45) is 23.7 Å². The van der Waals surface area contributed by atoms with Gasteiger partial charge in [0.15, 0.2) is 11.5 Å². The monoisotopic (exact) mass is 342 g/mol. The number of aromatic hydroxyl groups is 2. The van der Waals surface area contributed by atoms with Crippen molar-refractivity contribution >= 4 is 11.6 Å². The Labute approximate surface area is 148 Å². The van der Waals surface area contributed by atoms with E-state index in [9.17, 15) is 15.0 Å². The first kappa shape index (κ1) is 15.4. The first-order chi connectivity index (χ1) is 11.9. The van der Waals surface area contributed by atoms with E-state index in [4.69, 9.17) is 0 Å². The second-order valence-corrected chi connectivity index (χ2v) is 9.11. The van der Waals surface area contributed by atoms with E-state index in [-0.39, 0.29) is 17.4 Å². The molecule has 5 nitrogen and oxygen atoms in total. The number of hydrazine groups is 1. The van der Waals surface area contributed by atoms with Crippen LogP contribution in [-0.4, -0.2) is 32.7 Å². The average Bonchev–Trinajstić information content (AvgIpc) is 2.55. The molecule has 5 aliphatic rings. The molecule has 0 aromatic heterocycles. The molecule has 1 aliphatic heterocycles. The summed E-state index contributed by atoms with van der Waals surface area (Å²) in [6.45, 7) is 3.87. The van der Waals surface area contributed by atoms with Crippen LogP contribution in [0.2, 0.25) is 0 Å². The normalized spacial score (nSPS) is 38.2. The molecule has 1 aromatic carbocycles. The standard InChI is InChI=1S/C20H26N2O3/c1-20(2)19(25)21(22(20)15-3-4-16(23)17(24)10-15)18-13-6-11-5-12(8-13)9-14(18)7-11/h3-4,10-14,18,23-24H,5-9H2,1-2H3. The van der Waals surface area contributed by atoms with Gasteiger partial charge >= 0.3 is 0 Å². The second-order valence-electron chi connectivity index (χ2n) is 9.11. The number of nitrogens with zero attached hydrogens (tertiary/aromatic N) is 2. The number of carbonyl (C=O) groups excluding carboxylic acids is 1. The van der Waals surface area contributed by atoms with E-state index in [1.807, 2.05) is 23.9 Å². The fourth-order valence-electron chi connectivity index (χ4n) is 6.34. The molecule has 4 bridgehead atoms. The van der Waals surface area contributed by atoms with Gasteiger partial charge in [0.1, 0.15) is 5.54 Å². The van der Waals surface area contributed by atoms with E-state index in [2.05, 4.69) is 0 Å². The van der Waals surface area contributed by atoms with Crippen LogP contribution in [0.3, 0.4) is 0 Å². The van der Waals surface area contributed by atoms with Crippen LogP contribution in [0.5, 0.6) is 11.5 Å². The van der Waals surface area contributed by atoms with E-state index in [0.717, 1.165) is 17.5 Å². The third-order valence-electron chi connectivity index (χ3n) is 7.14. The molecule has 134 valence electrons. The highest BCUT2D eigenvalue weighted by molar-refractivity contribution is 5.98. The van der Waals surface area contributed by atoms with Crippen molar-refractivity contribution in [2.45, 2.75) is 57.5 Å². The van der Waals surface area contributed by atoms with Gasteiger partial charge in [0.05, 0.1) is 11.7 Å². The summed E-state index contributed by atoms with van der Waals surface area (Å²) < 4.78 is 0. The van der Waals surface area contributed by atoms with Crippen molar-refractivity contribution in [1.29, 1.82) is 0 Å². The van der Waals surface area contributed by atoms with Crippen LogP contribution in [0.4, 0.5) is 5.69 Å². The summed E-state index contributed by atoms with van der Waals surface area (Å²) in [5.41, 5.74) is 0.159. The Hall–Kier alpha value is -1.91. The maximum absolute atomic E-state index is 13.0. The van der Waals surface area contributed by atoms with Crippen molar-refractivity contribution < 1.29 is 15.0 Å². The highest BCUT2D eigenvalue weighted by Gasteiger charge is 2.61. The Morgan fingerprint density at radius 1 is 0.960 bits per heavy atom. The summed E-state index contributed by atoms with van der Waals surface area (Å²) >= 11 is 0. The molecule has 1 heterocycles. The average molecular weight is 342 g/mol. The van der Waals surface area contributed by atoms with Crippen molar-refractivity contribution in [3.8, 4) is 11.5 Å². The predicted molar refractivity (Wildman–Crippen MR) is 94.0 cm³/mol. The molecule has 1 aromatic rings. The molecule has 4 saturated carbocycles. The lowest BCUT2D eigenvalue weighted by atomic mass is 9.53. The first-order valence-corrected chi connectivity index (χ1v) is 9.52. The molecule has 1 saturated heterocycles. The summed E-state index contributed by atoms with van der Waals surface area (Å²) in [5, 5.41) is 23.6. The Balaban J connectivity index is 1.51. The van der Waals surface area contributed by atoms with Gasteiger partial charge in [-0.05, 0) is 81.8 Å². The number of phenols is 2. The van der Waals surface area contributed by atoms with Gasteiger partial charge in [-0.3, -0.25) is 9.80 Å². The number of carbonyl (C=O) groups is 1. The second kappa shape index (κ2) is 4.83. The van der Waals surface area contributed by atoms with Gasteiger partial charge < -0.3 is 10.2 Å². The molecule has 1 amide bonds. The molecule has 2 N–H and O–H groups in total. The summed E-state index contributed by atoms with van der Waals surface area (Å²) in [6.07, 6.45) is 6.44. The van der Waals surface area contributed by atoms with E-state index in [0.29, 0.717) is 17.9 Å². The Kier molecular flexibility index (Phi) is 2.97. The maximum atomic E-state index is 13.0. The summed E-state index contributed by atoms with van der Waals surface area (Å²) in [4.78, 5) is 13.0. The number of rotatable bonds is 2. The van der Waals surface area contributed by atoms with E-state index in [1.54, 1.807) is 12.1 Å². The Morgan fingerprint density at radius 3 is 2.12 bits per heavy atom. The molecule has 0 unspecified atom stereocenters. The third-order valence-corrected chi connectivity index (χ3v) is 7.14. The lowest BCUT2D eigenvalue weighted by Crippen LogP contribution is -2.80. The van der Waals surface area contributed by atoms with Crippen LogP contribution in [0.15, 0.2) is 18.2 Å². The molecular weight excluding hydrogens is 316 g/mol. The van der Waals surface area contributed by atoms with E-state index >= 15 is 0 Å². The number of anilines is 1. The maximum Gasteiger partial charge on any atom is 0.268 e. The van der Waals surface area contributed by atoms with Gasteiger partial charge in [-0.15, -0.1) is 0 Å². The highest BCUT2D eigenvalue weighted by atomic mass is 16.3. The Bertz CT molecular complexity index is 716. The van der Waals surface area contributed by atoms with Crippen LogP contribution in [-0.2, 0) is 4.79 Å². The van der Waals surface area contributed by atoms with Crippen LogP contribution < -0.4 is 5.01 Å². The van der Waals surface area contributed by atoms with Gasteiger partial charge in [-0.1, -0.05) is 0 Å². The van der Waals surface area contributed by atoms with Gasteiger partial charge in [0, 0.05) is 6.07 Å². The minimum Gasteiger partial charge on any atom is -0.504 e. The van der Waals surface area contributed by atoms with Crippen molar-refractivity contribution in [3.63, 3.8) is 0 Å². The smallest absolute Gasteiger partial charge is 0.268 e. The van der Waals surface area contributed by atoms with Crippen molar-refractivity contribution in [1.82, 2.24) is 5.01 Å². The minimum absolute atomic E-state index is 0.130. The van der Waals surface area contributed by atoms with E-state index in [1.165, 1.54) is 38.2 Å². The number of hydrogen-bond acceptors (Lipinski definition) is 4. The molecule has 6 rings (SSSR count). The molecule has 25 heavy (non-hydrogen) atoms. The van der Waals surface area contributed by atoms with Crippen molar-refractivity contribution in [3.05, 3.63) is 18.2 Å². The van der Waals surface area contributed by atoms with Crippen LogP contribution in [0.25, 0.3) is 0 Å². The molecule has 4 aliphatic carbocycles. The number of hydrogen-bond donors (Lipinski definition) is 2. The fraction of sp³-hybridized carbons (Fsp3) is 0.650. The number of amides is 1. The summed E-state index contributed by atoms with van der Waals surface area (Å²) in [7, 11) is 0. The molecule has 5 fully saturated rings. The lowest BCUT2D eigenvalue weighted by Gasteiger charge is -2.65. The van der Waals surface area contributed by atoms with Gasteiger partial charge in [-0.2, -0.15) is 0 Å². The van der Waals surface area contributed by atoms with Crippen LogP contribution >= 0.6 is 0 Å². The van der Waals surface area contributed by atoms with Gasteiger partial charge in [0.25, 0.3) is 5.91 Å². The topological polar surface area (TPSA) is 64.0 Å². The van der Waals surface area contributed by atoms with Crippen molar-refractivity contribution in [2.75, 3.05) is 5.01 Å². The Morgan fingerprint density at radius 2 is 1.56 bits per heavy atom. The van der Waals surface area contributed by atoms with Gasteiger partial charge in [0.2, 0.25) is 0 Å². The van der Waals surface area contributed by atoms with Gasteiger partial charge in [-0.25, -0.2) is 5.01 Å². The first-order valence-electron chi connectivity index (χ1n) is 9.52. The number of phenolic OH excluding ortho intramolecular Hbond substituents is 2. The van der Waals surface area contributed by atoms with Crippen LogP contribution in [0, 0.1) is 23.7 Å². The quantitative estimate of drug-likeness (QED) is 0.810. The zero-order valence-corrected chi connectivity index (χ0v) is 14.9. The fourth-order valence-corrected chi connectivity index (χ4v) is 6.34. The zero-order valence-electron chi connectivity index (χ0n) is 14.9. The summed E-state index contributed by atoms with van der Waals surface area (Å²) in [5.74, 6) is 2.88. The SMILES string of the molecule is CC1(C)C(=O)N(C2C3CC4CC(C3)CC2C4)N1c1ccc(O)c(O)c1. The molecule has 0 radical (unpaired) electrons. The predicted octanol–water partition coefficient (Wildman–Crippen LogP) is 3.26. The van der Waals surface area contributed by atoms with E-state index < -0.39 is 5.54 Å². The molecule has 0 atom stereocenters. The van der Waals surface area contributed by atoms with Crippen LogP contribution in [0.1, 0.15) is 46.0 Å². The highest BCUT2D eigenvalue weighted by Crippen LogP contribution is 2.57. The molecule has 0 spiro atoms. The number of benzene rings is 1. The lowest BCUT2D eigenvalue weighted by molar-refractivity contribution is -0.170. The molecular formula is C20H26N2O3. The summed E-state index contributed by atoms with van der Waals surface area (Å²) in [6, 6.07) is 5.14. The third kappa shape index (κ3) is 1.98. The molecule has 5 heteroatoms. The zero-order chi connectivity index (χ0) is 17.5.